The van der Waals surface area contributed by atoms with Crippen molar-refractivity contribution in [2.45, 2.75) is 19.4 Å². The maximum absolute atomic E-state index is 5.68. The van der Waals surface area contributed by atoms with E-state index in [9.17, 15) is 0 Å². The molecule has 1 aromatic heterocycles. The molecule has 1 heterocycles. The maximum atomic E-state index is 5.68. The Kier molecular flexibility index (Phi) is 3.39. The Morgan fingerprint density at radius 2 is 2.29 bits per heavy atom. The number of methoxy groups -OCH3 is 1. The third kappa shape index (κ3) is 2.82. The summed E-state index contributed by atoms with van der Waals surface area (Å²) in [5, 5.41) is 3.88. The van der Waals surface area contributed by atoms with Crippen LogP contribution in [0.4, 0.5) is 0 Å². The van der Waals surface area contributed by atoms with Crippen LogP contribution in [0.15, 0.2) is 28.8 Å². The number of hydrogen-bond donors (Lipinski definition) is 1. The van der Waals surface area contributed by atoms with Crippen molar-refractivity contribution in [3.63, 3.8) is 0 Å². The first-order valence-electron chi connectivity index (χ1n) is 5.41. The zero-order valence-corrected chi connectivity index (χ0v) is 9.88. The fraction of sp³-hybridized carbons (Fsp3) is 0.333. The van der Waals surface area contributed by atoms with Gasteiger partial charge in [0, 0.05) is 18.0 Å². The van der Waals surface area contributed by atoms with Crippen LogP contribution >= 0.6 is 0 Å². The predicted molar refractivity (Wildman–Crippen MR) is 63.6 cm³/mol. The van der Waals surface area contributed by atoms with Gasteiger partial charge in [0.2, 0.25) is 0 Å². The van der Waals surface area contributed by atoms with Crippen LogP contribution in [0.1, 0.15) is 12.7 Å². The molecule has 0 saturated heterocycles. The summed E-state index contributed by atoms with van der Waals surface area (Å²) in [6, 6.07) is 7.51. The number of hydrogen-bond acceptors (Lipinski definition) is 5. The molecule has 17 heavy (non-hydrogen) atoms. The van der Waals surface area contributed by atoms with Crippen molar-refractivity contribution in [3.05, 3.63) is 30.1 Å². The summed E-state index contributed by atoms with van der Waals surface area (Å²) in [5.41, 5.74) is 6.52. The smallest absolute Gasteiger partial charge is 0.258 e. The van der Waals surface area contributed by atoms with E-state index < -0.39 is 0 Å². The van der Waals surface area contributed by atoms with Crippen LogP contribution in [0.25, 0.3) is 11.5 Å². The molecule has 1 unspecified atom stereocenters. The highest BCUT2D eigenvalue weighted by Gasteiger charge is 2.10. The Morgan fingerprint density at radius 1 is 1.47 bits per heavy atom. The van der Waals surface area contributed by atoms with E-state index >= 15 is 0 Å². The Labute approximate surface area is 99.6 Å². The van der Waals surface area contributed by atoms with Gasteiger partial charge in [-0.2, -0.15) is 4.98 Å². The second kappa shape index (κ2) is 4.97. The molecule has 0 fully saturated rings. The minimum Gasteiger partial charge on any atom is -0.497 e. The number of nitrogens with two attached hydrogens (primary N) is 1. The first kappa shape index (κ1) is 11.6. The molecule has 0 saturated carbocycles. The molecule has 1 aromatic carbocycles. The minimum absolute atomic E-state index is 0.0192. The summed E-state index contributed by atoms with van der Waals surface area (Å²) >= 11 is 0. The van der Waals surface area contributed by atoms with Crippen LogP contribution in [-0.4, -0.2) is 23.3 Å². The molecule has 2 aromatic rings. The molecular weight excluding hydrogens is 218 g/mol. The predicted octanol–water partition coefficient (Wildman–Crippen LogP) is 1.63. The van der Waals surface area contributed by atoms with E-state index in [0.29, 0.717) is 18.1 Å². The van der Waals surface area contributed by atoms with Crippen molar-refractivity contribution in [1.82, 2.24) is 10.1 Å². The van der Waals surface area contributed by atoms with E-state index in [2.05, 4.69) is 10.1 Å². The first-order chi connectivity index (χ1) is 8.19. The van der Waals surface area contributed by atoms with Gasteiger partial charge >= 0.3 is 0 Å². The summed E-state index contributed by atoms with van der Waals surface area (Å²) in [7, 11) is 1.62. The molecule has 0 bridgehead atoms. The lowest BCUT2D eigenvalue weighted by Crippen LogP contribution is -2.18. The van der Waals surface area contributed by atoms with Crippen LogP contribution in [0, 0.1) is 0 Å². The van der Waals surface area contributed by atoms with E-state index in [1.165, 1.54) is 0 Å². The van der Waals surface area contributed by atoms with Crippen molar-refractivity contribution in [2.75, 3.05) is 7.11 Å². The highest BCUT2D eigenvalue weighted by atomic mass is 16.5. The maximum Gasteiger partial charge on any atom is 0.258 e. The topological polar surface area (TPSA) is 74.2 Å². The van der Waals surface area contributed by atoms with Crippen molar-refractivity contribution in [2.24, 2.45) is 5.73 Å². The minimum atomic E-state index is 0.0192. The van der Waals surface area contributed by atoms with Gasteiger partial charge in [-0.15, -0.1) is 0 Å². The normalized spacial score (nSPS) is 12.4. The van der Waals surface area contributed by atoms with Gasteiger partial charge in [-0.3, -0.25) is 0 Å². The number of nitrogens with zero attached hydrogens (tertiary/aromatic N) is 2. The largest absolute Gasteiger partial charge is 0.497 e. The van der Waals surface area contributed by atoms with Gasteiger partial charge in [0.05, 0.1) is 7.11 Å². The Bertz CT molecular complexity index is 494. The summed E-state index contributed by atoms with van der Waals surface area (Å²) in [6.45, 7) is 1.90. The highest BCUT2D eigenvalue weighted by molar-refractivity contribution is 5.55. The zero-order chi connectivity index (χ0) is 12.3. The number of benzene rings is 1. The Balaban J connectivity index is 2.24. The van der Waals surface area contributed by atoms with Gasteiger partial charge in [-0.1, -0.05) is 11.2 Å². The lowest BCUT2D eigenvalue weighted by molar-refractivity contribution is 0.411. The third-order valence-corrected chi connectivity index (χ3v) is 2.29. The van der Waals surface area contributed by atoms with Gasteiger partial charge in [-0.05, 0) is 25.1 Å². The SMILES string of the molecule is COc1cccc(-c2nc(CC(C)N)no2)c1. The monoisotopic (exact) mass is 233 g/mol. The van der Waals surface area contributed by atoms with E-state index in [-0.39, 0.29) is 6.04 Å². The molecule has 0 spiro atoms. The number of rotatable bonds is 4. The van der Waals surface area contributed by atoms with Crippen LogP contribution in [0.2, 0.25) is 0 Å². The van der Waals surface area contributed by atoms with Crippen LogP contribution < -0.4 is 10.5 Å². The lowest BCUT2D eigenvalue weighted by atomic mass is 10.2. The van der Waals surface area contributed by atoms with Crippen LogP contribution in [0.3, 0.4) is 0 Å². The molecule has 0 amide bonds. The molecular formula is C12H15N3O2. The van der Waals surface area contributed by atoms with Gasteiger partial charge in [0.1, 0.15) is 5.75 Å². The first-order valence-corrected chi connectivity index (χ1v) is 5.41. The van der Waals surface area contributed by atoms with Crippen molar-refractivity contribution in [3.8, 4) is 17.2 Å². The molecule has 1 atom stereocenters. The van der Waals surface area contributed by atoms with Crippen molar-refractivity contribution >= 4 is 0 Å². The number of ether oxygens (including phenoxy) is 1. The summed E-state index contributed by atoms with van der Waals surface area (Å²) in [4.78, 5) is 4.28. The van der Waals surface area contributed by atoms with Crippen LogP contribution in [0.5, 0.6) is 5.75 Å². The van der Waals surface area contributed by atoms with E-state index in [1.807, 2.05) is 31.2 Å². The molecule has 2 rings (SSSR count). The fourth-order valence-electron chi connectivity index (χ4n) is 1.50. The van der Waals surface area contributed by atoms with Gasteiger partial charge in [0.15, 0.2) is 5.82 Å². The molecule has 0 radical (unpaired) electrons. The third-order valence-electron chi connectivity index (χ3n) is 2.29. The number of aromatic nitrogens is 2. The molecule has 90 valence electrons. The summed E-state index contributed by atoms with van der Waals surface area (Å²) < 4.78 is 10.3. The second-order valence-corrected chi connectivity index (χ2v) is 3.93. The van der Waals surface area contributed by atoms with Crippen molar-refractivity contribution in [1.29, 1.82) is 0 Å². The van der Waals surface area contributed by atoms with Crippen LogP contribution in [-0.2, 0) is 6.42 Å². The Morgan fingerprint density at radius 3 is 3.00 bits per heavy atom. The molecule has 0 aliphatic heterocycles. The van der Waals surface area contributed by atoms with E-state index in [4.69, 9.17) is 15.0 Å². The van der Waals surface area contributed by atoms with E-state index in [1.54, 1.807) is 7.11 Å². The molecule has 2 N–H and O–H groups in total. The average molecular weight is 233 g/mol. The van der Waals surface area contributed by atoms with Gasteiger partial charge in [0.25, 0.3) is 5.89 Å². The Hall–Kier alpha value is -1.88. The molecule has 0 aliphatic carbocycles. The average Bonchev–Trinajstić information content (AvgIpc) is 2.77. The molecule has 0 aliphatic rings. The summed E-state index contributed by atoms with van der Waals surface area (Å²) in [6.07, 6.45) is 0.605. The van der Waals surface area contributed by atoms with Gasteiger partial charge in [-0.25, -0.2) is 0 Å². The zero-order valence-electron chi connectivity index (χ0n) is 9.88. The fourth-order valence-corrected chi connectivity index (χ4v) is 1.50. The standard InChI is InChI=1S/C12H15N3O2/c1-8(13)6-11-14-12(17-15-11)9-4-3-5-10(7-9)16-2/h3-5,7-8H,6,13H2,1-2H3. The summed E-state index contributed by atoms with van der Waals surface area (Å²) in [5.74, 6) is 1.87. The molecule has 5 nitrogen and oxygen atoms in total. The highest BCUT2D eigenvalue weighted by Crippen LogP contribution is 2.22. The lowest BCUT2D eigenvalue weighted by Gasteiger charge is -2.00. The van der Waals surface area contributed by atoms with Crippen molar-refractivity contribution < 1.29 is 9.26 Å². The van der Waals surface area contributed by atoms with E-state index in [0.717, 1.165) is 11.3 Å². The van der Waals surface area contributed by atoms with Gasteiger partial charge < -0.3 is 15.0 Å². The molecule has 5 heteroatoms. The second-order valence-electron chi connectivity index (χ2n) is 3.93. The quantitative estimate of drug-likeness (QED) is 0.868.